The largest absolute Gasteiger partial charge is 0.493 e. The molecule has 0 unspecified atom stereocenters. The summed E-state index contributed by atoms with van der Waals surface area (Å²) in [7, 11) is 3.33. The van der Waals surface area contributed by atoms with Gasteiger partial charge in [-0.3, -0.25) is 0 Å². The molecule has 0 aliphatic carbocycles. The second-order valence-corrected chi connectivity index (χ2v) is 6.73. The van der Waals surface area contributed by atoms with Crippen molar-refractivity contribution in [2.24, 2.45) is 0 Å². The van der Waals surface area contributed by atoms with Gasteiger partial charge in [0.2, 0.25) is 0 Å². The molecule has 1 aliphatic heterocycles. The van der Waals surface area contributed by atoms with Gasteiger partial charge in [0, 0.05) is 18.7 Å². The summed E-state index contributed by atoms with van der Waals surface area (Å²) in [5.41, 5.74) is 2.43. The van der Waals surface area contributed by atoms with Gasteiger partial charge in [0.15, 0.2) is 16.7 Å². The average Bonchev–Trinajstić information content (AvgIpc) is 2.79. The molecule has 1 aliphatic rings. The number of fused-ring (bicyclic) bond motifs is 1. The topological polar surface area (TPSA) is 49.2 Å². The summed E-state index contributed by atoms with van der Waals surface area (Å²) in [4.78, 5) is 0. The van der Waals surface area contributed by atoms with Crippen LogP contribution < -0.4 is 9.47 Å². The second kappa shape index (κ2) is 7.25. The molecule has 0 atom stereocenters. The van der Waals surface area contributed by atoms with E-state index in [1.165, 1.54) is 30.4 Å². The van der Waals surface area contributed by atoms with Crippen LogP contribution in [0.4, 0.5) is 0 Å². The molecule has 0 N–H and O–H groups in total. The van der Waals surface area contributed by atoms with Crippen molar-refractivity contribution in [3.05, 3.63) is 29.1 Å². The summed E-state index contributed by atoms with van der Waals surface area (Å²) in [6.45, 7) is 3.14. The summed E-state index contributed by atoms with van der Waals surface area (Å²) in [5.74, 6) is 3.53. The molecule has 3 rings (SSSR count). The standard InChI is InChI=1S/C17H23N3O2S/c1-12-9-14(21-2)15(22-3)10-13(12)11-23-17-19-18-16-7-5-4-6-8-20(16)17/h9-10H,4-8,11H2,1-3H3. The number of aryl methyl sites for hydroxylation is 2. The van der Waals surface area contributed by atoms with Crippen molar-refractivity contribution in [2.75, 3.05) is 14.2 Å². The maximum Gasteiger partial charge on any atom is 0.191 e. The molecule has 2 heterocycles. The SMILES string of the molecule is COc1cc(C)c(CSc2nnc3n2CCCCC3)cc1OC. The number of methoxy groups -OCH3 is 2. The summed E-state index contributed by atoms with van der Waals surface area (Å²) >= 11 is 1.74. The van der Waals surface area contributed by atoms with Crippen LogP contribution in [0.5, 0.6) is 11.5 Å². The predicted octanol–water partition coefficient (Wildman–Crippen LogP) is 3.62. The number of benzene rings is 1. The molecule has 124 valence electrons. The van der Waals surface area contributed by atoms with Crippen molar-refractivity contribution in [1.29, 1.82) is 0 Å². The minimum Gasteiger partial charge on any atom is -0.493 e. The van der Waals surface area contributed by atoms with Crippen molar-refractivity contribution in [1.82, 2.24) is 14.8 Å². The number of rotatable bonds is 5. The van der Waals surface area contributed by atoms with Crippen molar-refractivity contribution < 1.29 is 9.47 Å². The summed E-state index contributed by atoms with van der Waals surface area (Å²) < 4.78 is 13.0. The Bertz CT molecular complexity index is 685. The number of thioether (sulfide) groups is 1. The highest BCUT2D eigenvalue weighted by Crippen LogP contribution is 2.33. The van der Waals surface area contributed by atoms with Crippen molar-refractivity contribution in [3.63, 3.8) is 0 Å². The third kappa shape index (κ3) is 3.47. The lowest BCUT2D eigenvalue weighted by Crippen LogP contribution is -2.02. The molecular formula is C17H23N3O2S. The molecule has 5 nitrogen and oxygen atoms in total. The smallest absolute Gasteiger partial charge is 0.191 e. The van der Waals surface area contributed by atoms with Crippen LogP contribution >= 0.6 is 11.8 Å². The van der Waals surface area contributed by atoms with E-state index in [2.05, 4.69) is 27.8 Å². The fourth-order valence-corrected chi connectivity index (χ4v) is 3.93. The Morgan fingerprint density at radius 1 is 1.09 bits per heavy atom. The van der Waals surface area contributed by atoms with Gasteiger partial charge < -0.3 is 14.0 Å². The van der Waals surface area contributed by atoms with E-state index in [1.807, 2.05) is 6.07 Å². The minimum absolute atomic E-state index is 0.772. The van der Waals surface area contributed by atoms with Crippen molar-refractivity contribution in [2.45, 2.75) is 50.1 Å². The molecular weight excluding hydrogens is 310 g/mol. The van der Waals surface area contributed by atoms with Crippen LogP contribution in [0.1, 0.15) is 36.2 Å². The quantitative estimate of drug-likeness (QED) is 0.782. The van der Waals surface area contributed by atoms with Gasteiger partial charge in [-0.1, -0.05) is 18.2 Å². The number of aromatic nitrogens is 3. The number of hydrogen-bond donors (Lipinski definition) is 0. The van der Waals surface area contributed by atoms with E-state index in [-0.39, 0.29) is 0 Å². The lowest BCUT2D eigenvalue weighted by Gasteiger charge is -2.13. The number of hydrogen-bond acceptors (Lipinski definition) is 5. The molecule has 0 spiro atoms. The Morgan fingerprint density at radius 2 is 1.87 bits per heavy atom. The summed E-state index contributed by atoms with van der Waals surface area (Å²) in [6.07, 6.45) is 4.76. The molecule has 0 radical (unpaired) electrons. The van der Waals surface area contributed by atoms with Gasteiger partial charge in [0.05, 0.1) is 14.2 Å². The number of ether oxygens (including phenoxy) is 2. The Labute approximate surface area is 141 Å². The van der Waals surface area contributed by atoms with E-state index < -0.39 is 0 Å². The highest BCUT2D eigenvalue weighted by Gasteiger charge is 2.16. The third-order valence-electron chi connectivity index (χ3n) is 4.27. The van der Waals surface area contributed by atoms with Gasteiger partial charge in [-0.25, -0.2) is 0 Å². The zero-order chi connectivity index (χ0) is 16.2. The van der Waals surface area contributed by atoms with E-state index in [0.717, 1.165) is 41.2 Å². The van der Waals surface area contributed by atoms with Crippen molar-refractivity contribution in [3.8, 4) is 11.5 Å². The average molecular weight is 333 g/mol. The summed E-state index contributed by atoms with van der Waals surface area (Å²) in [5, 5.41) is 9.76. The first-order valence-electron chi connectivity index (χ1n) is 7.99. The highest BCUT2D eigenvalue weighted by atomic mass is 32.2. The minimum atomic E-state index is 0.772. The van der Waals surface area contributed by atoms with Gasteiger partial charge in [0.1, 0.15) is 5.82 Å². The first-order valence-corrected chi connectivity index (χ1v) is 8.98. The molecule has 1 aromatic carbocycles. The van der Waals surface area contributed by atoms with Crippen LogP contribution in [0.3, 0.4) is 0 Å². The van der Waals surface area contributed by atoms with Crippen LogP contribution in [0, 0.1) is 6.92 Å². The van der Waals surface area contributed by atoms with Crippen molar-refractivity contribution >= 4 is 11.8 Å². The predicted molar refractivity (Wildman–Crippen MR) is 91.4 cm³/mol. The maximum absolute atomic E-state index is 5.41. The maximum atomic E-state index is 5.41. The molecule has 0 saturated heterocycles. The van der Waals surface area contributed by atoms with Gasteiger partial charge in [0.25, 0.3) is 0 Å². The normalized spacial score (nSPS) is 14.2. The van der Waals surface area contributed by atoms with Crippen LogP contribution in [-0.2, 0) is 18.7 Å². The summed E-state index contributed by atoms with van der Waals surface area (Å²) in [6, 6.07) is 4.08. The van der Waals surface area contributed by atoms with Gasteiger partial charge in [-0.15, -0.1) is 10.2 Å². The van der Waals surface area contributed by atoms with E-state index in [0.29, 0.717) is 0 Å². The van der Waals surface area contributed by atoms with E-state index >= 15 is 0 Å². The monoisotopic (exact) mass is 333 g/mol. The molecule has 0 bridgehead atoms. The molecule has 0 fully saturated rings. The first kappa shape index (κ1) is 16.2. The fraction of sp³-hybridized carbons (Fsp3) is 0.529. The molecule has 0 amide bonds. The van der Waals surface area contributed by atoms with E-state index in [9.17, 15) is 0 Å². The van der Waals surface area contributed by atoms with Gasteiger partial charge in [-0.2, -0.15) is 0 Å². The zero-order valence-corrected chi connectivity index (χ0v) is 14.8. The zero-order valence-electron chi connectivity index (χ0n) is 14.0. The van der Waals surface area contributed by atoms with Gasteiger partial charge in [-0.05, 0) is 43.0 Å². The Balaban J connectivity index is 1.77. The van der Waals surface area contributed by atoms with Crippen LogP contribution in [0.25, 0.3) is 0 Å². The van der Waals surface area contributed by atoms with Crippen LogP contribution in [0.15, 0.2) is 17.3 Å². The lowest BCUT2D eigenvalue weighted by atomic mass is 10.1. The Morgan fingerprint density at radius 3 is 2.65 bits per heavy atom. The fourth-order valence-electron chi connectivity index (χ4n) is 2.89. The first-order chi connectivity index (χ1) is 11.2. The van der Waals surface area contributed by atoms with Crippen LogP contribution in [0.2, 0.25) is 0 Å². The van der Waals surface area contributed by atoms with Crippen LogP contribution in [-0.4, -0.2) is 29.0 Å². The van der Waals surface area contributed by atoms with E-state index in [1.54, 1.807) is 26.0 Å². The molecule has 0 saturated carbocycles. The molecule has 1 aromatic heterocycles. The second-order valence-electron chi connectivity index (χ2n) is 5.78. The molecule has 23 heavy (non-hydrogen) atoms. The Kier molecular flexibility index (Phi) is 5.10. The molecule has 2 aromatic rings. The third-order valence-corrected chi connectivity index (χ3v) is 5.29. The van der Waals surface area contributed by atoms with Gasteiger partial charge >= 0.3 is 0 Å². The Hall–Kier alpha value is -1.69. The molecule has 6 heteroatoms. The number of nitrogens with zero attached hydrogens (tertiary/aromatic N) is 3. The van der Waals surface area contributed by atoms with E-state index in [4.69, 9.17) is 9.47 Å². The highest BCUT2D eigenvalue weighted by molar-refractivity contribution is 7.98. The lowest BCUT2D eigenvalue weighted by molar-refractivity contribution is 0.354.